The summed E-state index contributed by atoms with van der Waals surface area (Å²) in [5.41, 5.74) is 2.59. The molecule has 0 unspecified atom stereocenters. The molecule has 150 valence electrons. The predicted octanol–water partition coefficient (Wildman–Crippen LogP) is 2.83. The van der Waals surface area contributed by atoms with E-state index in [-0.39, 0.29) is 29.7 Å². The van der Waals surface area contributed by atoms with Gasteiger partial charge in [-0.15, -0.1) is 0 Å². The number of phenolic OH excluding ortho intramolecular Hbond substituents is 1. The number of carbonyl (C=O) groups excluding carboxylic acids is 2. The van der Waals surface area contributed by atoms with Crippen LogP contribution in [0.5, 0.6) is 5.75 Å². The monoisotopic (exact) mass is 393 g/mol. The molecule has 0 aliphatic rings. The molecule has 2 aromatic carbocycles. The first kappa shape index (κ1) is 20.1. The Hall–Kier alpha value is -3.61. The van der Waals surface area contributed by atoms with Crippen LogP contribution in [0.4, 0.5) is 0 Å². The summed E-state index contributed by atoms with van der Waals surface area (Å²) in [6, 6.07) is 16.2. The van der Waals surface area contributed by atoms with E-state index in [1.165, 1.54) is 0 Å². The minimum Gasteiger partial charge on any atom is -0.508 e. The Morgan fingerprint density at radius 3 is 2.55 bits per heavy atom. The number of hydrogen-bond acceptors (Lipinski definition) is 5. The van der Waals surface area contributed by atoms with Crippen LogP contribution in [0.3, 0.4) is 0 Å². The zero-order chi connectivity index (χ0) is 20.6. The summed E-state index contributed by atoms with van der Waals surface area (Å²) in [6.45, 7) is 2.64. The van der Waals surface area contributed by atoms with Crippen LogP contribution >= 0.6 is 0 Å². The first-order valence-corrected chi connectivity index (χ1v) is 9.38. The maximum atomic E-state index is 12.1. The molecule has 0 aliphatic carbocycles. The van der Waals surface area contributed by atoms with E-state index in [9.17, 15) is 14.7 Å². The van der Waals surface area contributed by atoms with Gasteiger partial charge in [-0.2, -0.15) is 0 Å². The number of hydrogen-bond donors (Lipinski definition) is 3. The lowest BCUT2D eigenvalue weighted by atomic mass is 10.1. The summed E-state index contributed by atoms with van der Waals surface area (Å²) in [4.78, 5) is 24.1. The van der Waals surface area contributed by atoms with E-state index in [0.29, 0.717) is 25.3 Å². The van der Waals surface area contributed by atoms with Gasteiger partial charge in [-0.1, -0.05) is 47.6 Å². The second-order valence-electron chi connectivity index (χ2n) is 6.70. The fourth-order valence-electron chi connectivity index (χ4n) is 2.74. The van der Waals surface area contributed by atoms with Crippen molar-refractivity contribution in [1.82, 2.24) is 15.8 Å². The highest BCUT2D eigenvalue weighted by Gasteiger charge is 2.13. The van der Waals surface area contributed by atoms with Crippen LogP contribution in [-0.2, 0) is 11.2 Å². The molecule has 1 heterocycles. The van der Waals surface area contributed by atoms with Gasteiger partial charge in [0.05, 0.1) is 6.42 Å². The minimum absolute atomic E-state index is 0.136. The molecule has 0 saturated heterocycles. The SMILES string of the molecule is Cc1ccc(CC(=O)NCCCNC(=O)c2cc(-c3ccccc3)on2)cc1O. The van der Waals surface area contributed by atoms with Gasteiger partial charge < -0.3 is 20.3 Å². The fourth-order valence-corrected chi connectivity index (χ4v) is 2.74. The number of rotatable bonds is 8. The number of amides is 2. The van der Waals surface area contributed by atoms with E-state index >= 15 is 0 Å². The first-order valence-electron chi connectivity index (χ1n) is 9.38. The maximum Gasteiger partial charge on any atom is 0.273 e. The van der Waals surface area contributed by atoms with Gasteiger partial charge in [0.25, 0.3) is 5.91 Å². The zero-order valence-electron chi connectivity index (χ0n) is 16.1. The number of phenols is 1. The van der Waals surface area contributed by atoms with E-state index < -0.39 is 0 Å². The molecule has 3 N–H and O–H groups in total. The third kappa shape index (κ3) is 5.68. The molecule has 0 aliphatic heterocycles. The number of aromatic nitrogens is 1. The molecule has 3 aromatic rings. The molecule has 2 amide bonds. The van der Waals surface area contributed by atoms with Crippen LogP contribution in [0, 0.1) is 6.92 Å². The summed E-state index contributed by atoms with van der Waals surface area (Å²) in [5, 5.41) is 19.0. The largest absolute Gasteiger partial charge is 0.508 e. The third-order valence-corrected chi connectivity index (χ3v) is 4.40. The van der Waals surface area contributed by atoms with E-state index in [0.717, 1.165) is 16.7 Å². The van der Waals surface area contributed by atoms with Crippen molar-refractivity contribution in [3.8, 4) is 17.1 Å². The highest BCUT2D eigenvalue weighted by molar-refractivity contribution is 5.93. The van der Waals surface area contributed by atoms with Crippen molar-refractivity contribution in [2.75, 3.05) is 13.1 Å². The van der Waals surface area contributed by atoms with Gasteiger partial charge in [-0.3, -0.25) is 9.59 Å². The fraction of sp³-hybridized carbons (Fsp3) is 0.227. The smallest absolute Gasteiger partial charge is 0.273 e. The van der Waals surface area contributed by atoms with Gasteiger partial charge in [0.1, 0.15) is 5.75 Å². The van der Waals surface area contributed by atoms with Crippen LogP contribution in [0.25, 0.3) is 11.3 Å². The summed E-state index contributed by atoms with van der Waals surface area (Å²) >= 11 is 0. The van der Waals surface area contributed by atoms with Crippen molar-refractivity contribution in [2.45, 2.75) is 19.8 Å². The molecular formula is C22H23N3O4. The first-order chi connectivity index (χ1) is 14.0. The Labute approximate surface area is 168 Å². The number of aromatic hydroxyl groups is 1. The lowest BCUT2D eigenvalue weighted by Gasteiger charge is -2.07. The molecule has 1 aromatic heterocycles. The molecule has 0 atom stereocenters. The second-order valence-corrected chi connectivity index (χ2v) is 6.70. The number of aryl methyl sites for hydroxylation is 1. The molecule has 0 fully saturated rings. The molecule has 0 saturated carbocycles. The van der Waals surface area contributed by atoms with Gasteiger partial charge >= 0.3 is 0 Å². The molecule has 0 spiro atoms. The minimum atomic E-state index is -0.322. The van der Waals surface area contributed by atoms with Crippen LogP contribution in [0.15, 0.2) is 59.1 Å². The molecule has 7 heteroatoms. The zero-order valence-corrected chi connectivity index (χ0v) is 16.1. The number of nitrogens with zero attached hydrogens (tertiary/aromatic N) is 1. The summed E-state index contributed by atoms with van der Waals surface area (Å²) in [7, 11) is 0. The molecule has 7 nitrogen and oxygen atoms in total. The normalized spacial score (nSPS) is 10.5. The highest BCUT2D eigenvalue weighted by atomic mass is 16.5. The summed E-state index contributed by atoms with van der Waals surface area (Å²) in [6.07, 6.45) is 0.779. The predicted molar refractivity (Wildman–Crippen MR) is 108 cm³/mol. The van der Waals surface area contributed by atoms with Gasteiger partial charge in [0.2, 0.25) is 5.91 Å². The van der Waals surface area contributed by atoms with Crippen molar-refractivity contribution in [1.29, 1.82) is 0 Å². The van der Waals surface area contributed by atoms with E-state index in [1.54, 1.807) is 25.1 Å². The van der Waals surface area contributed by atoms with Crippen molar-refractivity contribution >= 4 is 11.8 Å². The summed E-state index contributed by atoms with van der Waals surface area (Å²) < 4.78 is 5.22. The van der Waals surface area contributed by atoms with E-state index in [2.05, 4.69) is 15.8 Å². The van der Waals surface area contributed by atoms with Gasteiger partial charge in [-0.05, 0) is 30.5 Å². The Bertz CT molecular complexity index is 983. The second kappa shape index (κ2) is 9.54. The highest BCUT2D eigenvalue weighted by Crippen LogP contribution is 2.19. The lowest BCUT2D eigenvalue weighted by molar-refractivity contribution is -0.120. The Morgan fingerprint density at radius 2 is 1.79 bits per heavy atom. The van der Waals surface area contributed by atoms with E-state index in [4.69, 9.17) is 4.52 Å². The van der Waals surface area contributed by atoms with Gasteiger partial charge in [0, 0.05) is 24.7 Å². The summed E-state index contributed by atoms with van der Waals surface area (Å²) in [5.74, 6) is 0.257. The third-order valence-electron chi connectivity index (χ3n) is 4.40. The van der Waals surface area contributed by atoms with Crippen LogP contribution in [-0.4, -0.2) is 35.2 Å². The average Bonchev–Trinajstić information content (AvgIpc) is 3.21. The molecular weight excluding hydrogens is 370 g/mol. The molecule has 29 heavy (non-hydrogen) atoms. The van der Waals surface area contributed by atoms with Crippen molar-refractivity contribution in [3.63, 3.8) is 0 Å². The van der Waals surface area contributed by atoms with Crippen LogP contribution in [0.1, 0.15) is 28.0 Å². The van der Waals surface area contributed by atoms with Crippen molar-refractivity contribution in [2.24, 2.45) is 0 Å². The maximum absolute atomic E-state index is 12.1. The van der Waals surface area contributed by atoms with Gasteiger partial charge in [-0.25, -0.2) is 0 Å². The quantitative estimate of drug-likeness (QED) is 0.511. The standard InChI is InChI=1S/C22H23N3O4/c1-15-8-9-16(12-19(15)26)13-21(27)23-10-5-11-24-22(28)18-14-20(29-25-18)17-6-3-2-4-7-17/h2-4,6-9,12,14,26H,5,10-11,13H2,1H3,(H,23,27)(H,24,28). The topological polar surface area (TPSA) is 104 Å². The van der Waals surface area contributed by atoms with Crippen molar-refractivity contribution in [3.05, 3.63) is 71.4 Å². The number of nitrogens with one attached hydrogen (secondary N) is 2. The molecule has 0 bridgehead atoms. The Balaban J connectivity index is 1.37. The number of carbonyl (C=O) groups is 2. The molecule has 3 rings (SSSR count). The number of benzene rings is 2. The van der Waals surface area contributed by atoms with Crippen LogP contribution in [0.2, 0.25) is 0 Å². The molecule has 0 radical (unpaired) electrons. The van der Waals surface area contributed by atoms with Gasteiger partial charge in [0.15, 0.2) is 11.5 Å². The van der Waals surface area contributed by atoms with Crippen molar-refractivity contribution < 1.29 is 19.2 Å². The lowest BCUT2D eigenvalue weighted by Crippen LogP contribution is -2.30. The Kier molecular flexibility index (Phi) is 6.63. The average molecular weight is 393 g/mol. The Morgan fingerprint density at radius 1 is 1.03 bits per heavy atom. The van der Waals surface area contributed by atoms with E-state index in [1.807, 2.05) is 36.4 Å². The van der Waals surface area contributed by atoms with Crippen LogP contribution < -0.4 is 10.6 Å².